The van der Waals surface area contributed by atoms with Gasteiger partial charge in [-0.3, -0.25) is 43.2 Å². The maximum Gasteiger partial charge on any atom is 0.322 e. The summed E-state index contributed by atoms with van der Waals surface area (Å²) in [7, 11) is 0. The number of fused-ring (bicyclic) bond motifs is 22. The zero-order valence-electron chi connectivity index (χ0n) is 54.3. The van der Waals surface area contributed by atoms with Crippen LogP contribution in [0.2, 0.25) is 0 Å². The van der Waals surface area contributed by atoms with Crippen LogP contribution in [0.15, 0.2) is 146 Å². The summed E-state index contributed by atoms with van der Waals surface area (Å²) in [5.41, 5.74) is 0.576. The van der Waals surface area contributed by atoms with E-state index in [1.54, 1.807) is 97.0 Å². The van der Waals surface area contributed by atoms with Crippen LogP contribution < -0.4 is 52.0 Å². The highest BCUT2D eigenvalue weighted by Gasteiger charge is 2.33. The lowest BCUT2D eigenvalue weighted by molar-refractivity contribution is -0.152. The Morgan fingerprint density at radius 1 is 0.408 bits per heavy atom. The molecule has 24 nitrogen and oxygen atoms in total. The molecule has 14 bridgehead atoms. The van der Waals surface area contributed by atoms with Gasteiger partial charge in [0.1, 0.15) is 47.1 Å². The number of benzene rings is 8. The molecular weight excluding hydrogens is 1320 g/mol. The molecule has 0 aromatic heterocycles. The summed E-state index contributed by atoms with van der Waals surface area (Å²) in [5, 5.41) is 45.4. The van der Waals surface area contributed by atoms with Gasteiger partial charge in [-0.2, -0.15) is 0 Å². The fourth-order valence-corrected chi connectivity index (χ4v) is 10.8. The van der Waals surface area contributed by atoms with Gasteiger partial charge in [0.2, 0.25) is 0 Å². The Labute approximate surface area is 571 Å². The van der Waals surface area contributed by atoms with Gasteiger partial charge in [0.05, 0.1) is 70.9 Å². The standard InChI is InChI=1S/C73H69BrN8O16/c1-39-24-51-59(83)52(25-39)64(86)76-44-13-9-17-48(33-44)80-68(90)56-29-42(4)31-58-62(56)97-23-21-95-37-73(7,38-98-71(93)72(5,6)74)36-94-20-22-96-61-55(67(89)79-47-16-8-12-43(32-47)75-63(51)85)28-41(3)30-57(61)69(91)81-49-18-10-14-45(34-49)77-65(87)53-26-40(2)27-54(60(53)84)66(88)78-46-15-11-19-50(35-46)82-70(58)92/h8-19,24-35,83-84H,20-23,36-38H2,1-7H3,(H,75,85)(H,76,86)(H,77,87)(H,78,88)(H,79,89)(H,80,90)(H,81,91)(H,82,92). The molecule has 0 saturated heterocycles. The van der Waals surface area contributed by atoms with Gasteiger partial charge in [-0.1, -0.05) is 47.1 Å². The number of aryl methyl sites for hydroxylation is 4. The highest BCUT2D eigenvalue weighted by Crippen LogP contribution is 2.35. The molecule has 0 spiro atoms. The highest BCUT2D eigenvalue weighted by atomic mass is 79.9. The second-order valence-electron chi connectivity index (χ2n) is 24.4. The van der Waals surface area contributed by atoms with Crippen molar-refractivity contribution in [1.82, 2.24) is 0 Å². The molecule has 0 atom stereocenters. The summed E-state index contributed by atoms with van der Waals surface area (Å²) in [4.78, 5) is 128. The Hall–Kier alpha value is -11.4. The Morgan fingerprint density at radius 3 is 0.867 bits per heavy atom. The molecule has 98 heavy (non-hydrogen) atoms. The van der Waals surface area contributed by atoms with Crippen LogP contribution in [0.1, 0.15) is 126 Å². The zero-order valence-corrected chi connectivity index (χ0v) is 55.9. The van der Waals surface area contributed by atoms with E-state index in [-0.39, 0.29) is 148 Å². The molecule has 0 unspecified atom stereocenters. The largest absolute Gasteiger partial charge is 0.506 e. The van der Waals surface area contributed by atoms with E-state index in [1.165, 1.54) is 97.1 Å². The lowest BCUT2D eigenvalue weighted by Crippen LogP contribution is -2.38. The van der Waals surface area contributed by atoms with Crippen LogP contribution in [0.5, 0.6) is 23.0 Å². The van der Waals surface area contributed by atoms with Gasteiger partial charge in [0.25, 0.3) is 47.3 Å². The van der Waals surface area contributed by atoms with E-state index in [0.717, 1.165) is 0 Å². The van der Waals surface area contributed by atoms with Crippen LogP contribution in [-0.2, 0) is 19.0 Å². The lowest BCUT2D eigenvalue weighted by Gasteiger charge is -2.30. The fraction of sp³-hybridized carbons (Fsp3) is 0.219. The highest BCUT2D eigenvalue weighted by molar-refractivity contribution is 9.10. The minimum Gasteiger partial charge on any atom is -0.506 e. The van der Waals surface area contributed by atoms with Crippen molar-refractivity contribution in [1.29, 1.82) is 0 Å². The number of aromatic hydroxyl groups is 2. The number of alkyl halides is 1. The van der Waals surface area contributed by atoms with Crippen molar-refractivity contribution in [2.75, 3.05) is 88.8 Å². The summed E-state index contributed by atoms with van der Waals surface area (Å²) in [5.74, 6) is -8.51. The third-order valence-electron chi connectivity index (χ3n) is 15.3. The minimum atomic E-state index is -1.07. The molecule has 0 fully saturated rings. The number of amides is 8. The topological polar surface area (TPSA) is 336 Å². The number of nitrogens with one attached hydrogen (secondary N) is 8. The third-order valence-corrected chi connectivity index (χ3v) is 15.7. The van der Waals surface area contributed by atoms with Crippen LogP contribution >= 0.6 is 15.9 Å². The lowest BCUT2D eigenvalue weighted by atomic mass is 9.94. The summed E-state index contributed by atoms with van der Waals surface area (Å²) in [6, 6.07) is 35.9. The molecule has 2 aliphatic heterocycles. The molecule has 2 heterocycles. The van der Waals surface area contributed by atoms with Crippen molar-refractivity contribution >= 4 is 115 Å². The van der Waals surface area contributed by atoms with E-state index < -0.39 is 74.5 Å². The number of halogens is 1. The average molecular weight is 1390 g/mol. The van der Waals surface area contributed by atoms with Gasteiger partial charge in [0, 0.05) is 50.9 Å². The number of esters is 1. The van der Waals surface area contributed by atoms with Crippen molar-refractivity contribution in [3.8, 4) is 23.0 Å². The van der Waals surface area contributed by atoms with E-state index in [2.05, 4.69) is 58.5 Å². The minimum absolute atomic E-state index is 0.105. The van der Waals surface area contributed by atoms with Gasteiger partial charge in [-0.05, 0) is 185 Å². The van der Waals surface area contributed by atoms with Crippen LogP contribution in [0, 0.1) is 33.1 Å². The van der Waals surface area contributed by atoms with Crippen LogP contribution in [-0.4, -0.2) is 114 Å². The van der Waals surface area contributed by atoms with E-state index in [1.807, 2.05) is 0 Å². The molecule has 10 rings (SSSR count). The first kappa shape index (κ1) is 69.4. The number of rotatable bonds is 3. The van der Waals surface area contributed by atoms with Crippen LogP contribution in [0.4, 0.5) is 45.5 Å². The Bertz CT molecular complexity index is 4040. The number of carbonyl (C=O) groups is 9. The number of hydrogen-bond acceptors (Lipinski definition) is 16. The SMILES string of the molecule is Cc1cc2c(O)c(c1)C(=O)Nc1cccc(c1)NC(=O)c1cc(C)cc3c1OCCOCC(C)(COC(=O)C(C)(C)Br)COCCOc1c(cc(C)cc1C(=O)Nc1cccc(c1)NC(=O)c1cc(C)cc(c1O)C(=O)Nc1cccc(c1)NC3=O)C(=O)Nc1cccc(c1)NC2=O. The van der Waals surface area contributed by atoms with E-state index in [0.29, 0.717) is 22.3 Å². The normalized spacial score (nSPS) is 15.2. The molecule has 0 saturated carbocycles. The maximum atomic E-state index is 14.7. The predicted molar refractivity (Wildman–Crippen MR) is 372 cm³/mol. The number of carbonyl (C=O) groups excluding carboxylic acids is 9. The van der Waals surface area contributed by atoms with Crippen LogP contribution in [0.25, 0.3) is 0 Å². The van der Waals surface area contributed by atoms with Gasteiger partial charge < -0.3 is 76.4 Å². The molecule has 0 aliphatic carbocycles. The molecule has 504 valence electrons. The summed E-state index contributed by atoms with van der Waals surface area (Å²) in [6.45, 7) is 10.3. The zero-order chi connectivity index (χ0) is 70.2. The number of hydrogen-bond donors (Lipinski definition) is 10. The van der Waals surface area contributed by atoms with Gasteiger partial charge in [0.15, 0.2) is 0 Å². The first-order valence-electron chi connectivity index (χ1n) is 30.8. The van der Waals surface area contributed by atoms with Crippen molar-refractivity contribution in [3.63, 3.8) is 0 Å². The Morgan fingerprint density at radius 2 is 0.633 bits per heavy atom. The third kappa shape index (κ3) is 17.0. The van der Waals surface area contributed by atoms with Crippen LogP contribution in [0.3, 0.4) is 0 Å². The number of phenolic OH excluding ortho intramolecular Hbond substituents is 2. The Kier molecular flexibility index (Phi) is 21.0. The first-order valence-corrected chi connectivity index (χ1v) is 31.6. The molecule has 10 N–H and O–H groups in total. The first-order chi connectivity index (χ1) is 46.7. The molecule has 8 aromatic carbocycles. The van der Waals surface area contributed by atoms with E-state index >= 15 is 0 Å². The molecule has 2 aliphatic rings. The maximum absolute atomic E-state index is 14.7. The van der Waals surface area contributed by atoms with Gasteiger partial charge in [-0.15, -0.1) is 0 Å². The summed E-state index contributed by atoms with van der Waals surface area (Å²) >= 11 is 3.36. The van der Waals surface area contributed by atoms with E-state index in [9.17, 15) is 53.4 Å². The smallest absolute Gasteiger partial charge is 0.322 e. The second-order valence-corrected chi connectivity index (χ2v) is 26.4. The Balaban J connectivity index is 1.09. The second kappa shape index (κ2) is 29.7. The van der Waals surface area contributed by atoms with Crippen molar-refractivity contribution in [2.24, 2.45) is 5.41 Å². The molecule has 25 heteroatoms. The van der Waals surface area contributed by atoms with Gasteiger partial charge in [-0.25, -0.2) is 0 Å². The monoisotopic (exact) mass is 1390 g/mol. The number of anilines is 8. The molecule has 0 radical (unpaired) electrons. The molecule has 8 amide bonds. The number of phenols is 2. The van der Waals surface area contributed by atoms with Crippen molar-refractivity contribution < 1.29 is 77.0 Å². The summed E-state index contributed by atoms with van der Waals surface area (Å²) < 4.78 is 29.9. The average Bonchev–Trinajstić information content (AvgIpc) is 0.813. The van der Waals surface area contributed by atoms with Crippen molar-refractivity contribution in [2.45, 2.75) is 52.8 Å². The molecular formula is C73H69BrN8O16. The molecule has 8 aromatic rings. The number of ether oxygens (including phenoxy) is 5. The summed E-state index contributed by atoms with van der Waals surface area (Å²) in [6.07, 6.45) is 0. The fourth-order valence-electron chi connectivity index (χ4n) is 10.6. The quantitative estimate of drug-likeness (QED) is 0.0580. The van der Waals surface area contributed by atoms with Crippen molar-refractivity contribution in [3.05, 3.63) is 212 Å². The van der Waals surface area contributed by atoms with E-state index in [4.69, 9.17) is 23.7 Å². The van der Waals surface area contributed by atoms with Gasteiger partial charge >= 0.3 is 5.97 Å². The predicted octanol–water partition coefficient (Wildman–Crippen LogP) is 12.2.